The van der Waals surface area contributed by atoms with Gasteiger partial charge in [-0.3, -0.25) is 4.79 Å². The molecule has 28 heavy (non-hydrogen) atoms. The smallest absolute Gasteiger partial charge is 0.408 e. The minimum Gasteiger partial charge on any atom is -0.446 e. The molecule has 4 rings (SSSR count). The van der Waals surface area contributed by atoms with Crippen LogP contribution in [0.5, 0.6) is 0 Å². The van der Waals surface area contributed by atoms with E-state index in [4.69, 9.17) is 4.74 Å². The number of carbonyl (C=O) groups is 2. The Morgan fingerprint density at radius 1 is 1.07 bits per heavy atom. The molecule has 2 atom stereocenters. The molecule has 0 bridgehead atoms. The van der Waals surface area contributed by atoms with Gasteiger partial charge in [0.2, 0.25) is 0 Å². The van der Waals surface area contributed by atoms with E-state index >= 15 is 0 Å². The lowest BCUT2D eigenvalue weighted by molar-refractivity contribution is -0.127. The Hall–Kier alpha value is -2.60. The van der Waals surface area contributed by atoms with Crippen LogP contribution in [0.4, 0.5) is 10.5 Å². The number of rotatable bonds is 4. The first-order valence-corrected chi connectivity index (χ1v) is 13.4. The fraction of sp³-hybridized carbons (Fsp3) is 0.364. The second-order valence-electron chi connectivity index (χ2n) is 8.92. The van der Waals surface area contributed by atoms with Crippen LogP contribution >= 0.6 is 0 Å². The number of hydrogen-bond acceptors (Lipinski definition) is 3. The molecular weight excluding hydrogens is 368 g/mol. The van der Waals surface area contributed by atoms with E-state index in [1.54, 1.807) is 4.90 Å². The summed E-state index contributed by atoms with van der Waals surface area (Å²) in [4.78, 5) is 27.9. The highest BCUT2D eigenvalue weighted by Crippen LogP contribution is 2.46. The fourth-order valence-electron chi connectivity index (χ4n) is 4.35. The molecule has 0 aliphatic carbocycles. The molecule has 2 heterocycles. The van der Waals surface area contributed by atoms with E-state index in [-0.39, 0.29) is 12.0 Å². The number of fused-ring (bicyclic) bond motifs is 2. The number of anilines is 1. The molecular formula is C22H26N2O3Si. The summed E-state index contributed by atoms with van der Waals surface area (Å²) in [6.07, 6.45) is -0.266. The standard InChI is InChI=1S/C22H26N2O3Si/c1-28(2,3)15-17-13-22(23-21(26)27-17)18-11-7-8-12-19(18)24(20(22)25)14-16-9-5-4-6-10-16/h4-12,17H,13-15H2,1-3H3,(H,23,26)/t17-,22+/m0/s1. The van der Waals surface area contributed by atoms with Crippen molar-refractivity contribution < 1.29 is 14.3 Å². The zero-order valence-corrected chi connectivity index (χ0v) is 17.6. The Balaban J connectivity index is 1.72. The van der Waals surface area contributed by atoms with E-state index in [1.807, 2.05) is 54.6 Å². The van der Waals surface area contributed by atoms with Gasteiger partial charge in [-0.25, -0.2) is 4.79 Å². The van der Waals surface area contributed by atoms with E-state index < -0.39 is 19.7 Å². The number of cyclic esters (lactones) is 1. The van der Waals surface area contributed by atoms with Crippen LogP contribution in [0.15, 0.2) is 54.6 Å². The van der Waals surface area contributed by atoms with Gasteiger partial charge in [-0.2, -0.15) is 0 Å². The summed E-state index contributed by atoms with van der Waals surface area (Å²) < 4.78 is 5.58. The van der Waals surface area contributed by atoms with Gasteiger partial charge in [0, 0.05) is 20.1 Å². The van der Waals surface area contributed by atoms with Crippen LogP contribution in [0, 0.1) is 0 Å². The first-order chi connectivity index (χ1) is 13.3. The zero-order chi connectivity index (χ0) is 19.9. The Labute approximate surface area is 166 Å². The van der Waals surface area contributed by atoms with Gasteiger partial charge in [-0.05, 0) is 17.7 Å². The highest BCUT2D eigenvalue weighted by atomic mass is 28.3. The van der Waals surface area contributed by atoms with E-state index in [1.165, 1.54) is 0 Å². The van der Waals surface area contributed by atoms with Crippen molar-refractivity contribution in [3.8, 4) is 0 Å². The summed E-state index contributed by atoms with van der Waals surface area (Å²) in [6.45, 7) is 7.23. The Kier molecular flexibility index (Phi) is 4.54. The Bertz CT molecular complexity index is 909. The molecule has 0 radical (unpaired) electrons. The average Bonchev–Trinajstić information content (AvgIpc) is 2.84. The van der Waals surface area contributed by atoms with Gasteiger partial charge in [0.1, 0.15) is 6.10 Å². The maximum atomic E-state index is 13.7. The van der Waals surface area contributed by atoms with Crippen LogP contribution in [0.3, 0.4) is 0 Å². The lowest BCUT2D eigenvalue weighted by Gasteiger charge is -2.39. The second-order valence-corrected chi connectivity index (χ2v) is 14.5. The highest BCUT2D eigenvalue weighted by Gasteiger charge is 2.56. The monoisotopic (exact) mass is 394 g/mol. The van der Waals surface area contributed by atoms with E-state index in [0.717, 1.165) is 22.9 Å². The lowest BCUT2D eigenvalue weighted by Crippen LogP contribution is -2.59. The summed E-state index contributed by atoms with van der Waals surface area (Å²) in [5, 5.41) is 2.89. The molecule has 0 unspecified atom stereocenters. The number of nitrogens with zero attached hydrogens (tertiary/aromatic N) is 1. The van der Waals surface area contributed by atoms with Crippen LogP contribution in [-0.2, 0) is 21.6 Å². The van der Waals surface area contributed by atoms with E-state index in [0.29, 0.717) is 13.0 Å². The zero-order valence-electron chi connectivity index (χ0n) is 16.6. The number of carbonyl (C=O) groups excluding carboxylic acids is 2. The van der Waals surface area contributed by atoms with E-state index in [9.17, 15) is 9.59 Å². The van der Waals surface area contributed by atoms with Crippen LogP contribution < -0.4 is 10.2 Å². The predicted octanol–water partition coefficient (Wildman–Crippen LogP) is 4.27. The average molecular weight is 395 g/mol. The number of hydrogen-bond donors (Lipinski definition) is 1. The quantitative estimate of drug-likeness (QED) is 0.788. The molecule has 2 aromatic rings. The van der Waals surface area contributed by atoms with Gasteiger partial charge >= 0.3 is 6.09 Å². The largest absolute Gasteiger partial charge is 0.446 e. The molecule has 1 saturated heterocycles. The summed E-state index contributed by atoms with van der Waals surface area (Å²) >= 11 is 0. The van der Waals surface area contributed by atoms with Crippen molar-refractivity contribution in [2.75, 3.05) is 4.90 Å². The fourth-order valence-corrected chi connectivity index (χ4v) is 5.95. The molecule has 2 aliphatic heterocycles. The highest BCUT2D eigenvalue weighted by molar-refractivity contribution is 6.76. The van der Waals surface area contributed by atoms with Gasteiger partial charge < -0.3 is 15.0 Å². The topological polar surface area (TPSA) is 58.6 Å². The first-order valence-electron chi connectivity index (χ1n) is 9.73. The maximum absolute atomic E-state index is 13.7. The SMILES string of the molecule is C[Si](C)(C)C[C@@H]1C[C@]2(NC(=O)O1)C(=O)N(Cc1ccccc1)c1ccccc12. The molecule has 2 aliphatic rings. The minimum absolute atomic E-state index is 0.0743. The summed E-state index contributed by atoms with van der Waals surface area (Å²) in [5.41, 5.74) is 1.75. The van der Waals surface area contributed by atoms with Crippen molar-refractivity contribution in [3.05, 3.63) is 65.7 Å². The lowest BCUT2D eigenvalue weighted by atomic mass is 9.85. The van der Waals surface area contributed by atoms with Crippen LogP contribution in [0.1, 0.15) is 17.5 Å². The van der Waals surface area contributed by atoms with E-state index in [2.05, 4.69) is 25.0 Å². The van der Waals surface area contributed by atoms with Gasteiger partial charge in [0.05, 0.1) is 12.2 Å². The van der Waals surface area contributed by atoms with Crippen molar-refractivity contribution in [1.82, 2.24) is 5.32 Å². The number of ether oxygens (including phenoxy) is 1. The number of benzene rings is 2. The van der Waals surface area contributed by atoms with Crippen LogP contribution in [0.2, 0.25) is 25.7 Å². The molecule has 1 spiro atoms. The summed E-state index contributed by atoms with van der Waals surface area (Å²) in [5.74, 6) is -0.0743. The molecule has 2 aromatic carbocycles. The van der Waals surface area contributed by atoms with Crippen LogP contribution in [-0.4, -0.2) is 26.2 Å². The maximum Gasteiger partial charge on any atom is 0.408 e. The van der Waals surface area contributed by atoms with Crippen LogP contribution in [0.25, 0.3) is 0 Å². The number of alkyl carbamates (subject to hydrolysis) is 1. The molecule has 1 N–H and O–H groups in total. The van der Waals surface area contributed by atoms with Gasteiger partial charge in [0.25, 0.3) is 5.91 Å². The number of amides is 2. The summed E-state index contributed by atoms with van der Waals surface area (Å²) in [6, 6.07) is 18.5. The molecule has 5 nitrogen and oxygen atoms in total. The van der Waals surface area contributed by atoms with Crippen molar-refractivity contribution in [2.24, 2.45) is 0 Å². The third-order valence-electron chi connectivity index (χ3n) is 5.41. The Morgan fingerprint density at radius 2 is 1.75 bits per heavy atom. The van der Waals surface area contributed by atoms with Gasteiger partial charge in [0.15, 0.2) is 5.54 Å². The molecule has 0 aromatic heterocycles. The summed E-state index contributed by atoms with van der Waals surface area (Å²) in [7, 11) is -1.46. The molecule has 6 heteroatoms. The molecule has 146 valence electrons. The minimum atomic E-state index is -1.46. The third kappa shape index (κ3) is 3.33. The second kappa shape index (κ2) is 6.78. The molecule has 0 saturated carbocycles. The van der Waals surface area contributed by atoms with Gasteiger partial charge in [-0.15, -0.1) is 0 Å². The number of para-hydroxylation sites is 1. The third-order valence-corrected chi connectivity index (χ3v) is 7.09. The van der Waals surface area contributed by atoms with Crippen molar-refractivity contribution >= 4 is 25.8 Å². The Morgan fingerprint density at radius 3 is 2.46 bits per heavy atom. The van der Waals surface area contributed by atoms with Crippen molar-refractivity contribution in [3.63, 3.8) is 0 Å². The predicted molar refractivity (Wildman–Crippen MR) is 112 cm³/mol. The molecule has 2 amide bonds. The first kappa shape index (κ1) is 18.7. The van der Waals surface area contributed by atoms with Crippen molar-refractivity contribution in [2.45, 2.75) is 50.3 Å². The normalized spacial score (nSPS) is 24.1. The van der Waals surface area contributed by atoms with Gasteiger partial charge in [-0.1, -0.05) is 68.2 Å². The molecule has 1 fully saturated rings. The number of nitrogens with one attached hydrogen (secondary N) is 1. The van der Waals surface area contributed by atoms with Crippen molar-refractivity contribution in [1.29, 1.82) is 0 Å².